The van der Waals surface area contributed by atoms with E-state index in [0.717, 1.165) is 4.47 Å². The Bertz CT molecular complexity index is 275. The summed E-state index contributed by atoms with van der Waals surface area (Å²) in [7, 11) is 1.43. The highest BCUT2D eigenvalue weighted by molar-refractivity contribution is 9.13. The van der Waals surface area contributed by atoms with Crippen LogP contribution in [0.1, 0.15) is 0 Å². The van der Waals surface area contributed by atoms with Crippen LogP contribution < -0.4 is 4.74 Å². The smallest absolute Gasteiger partial charge is 0.169 e. The number of benzene rings is 1. The molecule has 1 aromatic carbocycles. The fraction of sp³-hybridized carbons (Fsp3) is 0.143. The Kier molecular flexibility index (Phi) is 2.90. The Morgan fingerprint density at radius 3 is 2.45 bits per heavy atom. The molecular weight excluding hydrogens is 279 g/mol. The van der Waals surface area contributed by atoms with Gasteiger partial charge >= 0.3 is 0 Å². The molecule has 0 amide bonds. The molecule has 1 aromatic rings. The summed E-state index contributed by atoms with van der Waals surface area (Å²) in [6, 6.07) is 2.95. The Labute approximate surface area is 80.8 Å². The second-order valence-electron chi connectivity index (χ2n) is 1.88. The van der Waals surface area contributed by atoms with Gasteiger partial charge in [0.1, 0.15) is 0 Å². The lowest BCUT2D eigenvalue weighted by atomic mass is 10.3. The zero-order valence-electron chi connectivity index (χ0n) is 5.70. The summed E-state index contributed by atoms with van der Waals surface area (Å²) in [6.07, 6.45) is 0. The van der Waals surface area contributed by atoms with Gasteiger partial charge in [-0.3, -0.25) is 0 Å². The van der Waals surface area contributed by atoms with Crippen LogP contribution in [0.3, 0.4) is 0 Å². The zero-order chi connectivity index (χ0) is 8.43. The molecule has 11 heavy (non-hydrogen) atoms. The van der Waals surface area contributed by atoms with Gasteiger partial charge in [0.05, 0.1) is 11.6 Å². The molecule has 1 rings (SSSR count). The molecule has 1 nitrogen and oxygen atoms in total. The summed E-state index contributed by atoms with van der Waals surface area (Å²) in [4.78, 5) is 0. The van der Waals surface area contributed by atoms with Gasteiger partial charge in [-0.25, -0.2) is 4.39 Å². The number of halogens is 3. The van der Waals surface area contributed by atoms with Crippen LogP contribution >= 0.6 is 31.9 Å². The molecule has 0 radical (unpaired) electrons. The number of ether oxygens (including phenoxy) is 1. The van der Waals surface area contributed by atoms with Crippen LogP contribution in [0.5, 0.6) is 5.75 Å². The second-order valence-corrected chi connectivity index (χ2v) is 3.52. The van der Waals surface area contributed by atoms with E-state index in [0.29, 0.717) is 4.47 Å². The first-order chi connectivity index (χ1) is 5.16. The van der Waals surface area contributed by atoms with Crippen LogP contribution in [0.15, 0.2) is 21.1 Å². The van der Waals surface area contributed by atoms with Gasteiger partial charge in [0.15, 0.2) is 11.6 Å². The monoisotopic (exact) mass is 282 g/mol. The van der Waals surface area contributed by atoms with E-state index in [1.54, 1.807) is 6.07 Å². The Morgan fingerprint density at radius 2 is 2.00 bits per heavy atom. The summed E-state index contributed by atoms with van der Waals surface area (Å²) in [6.45, 7) is 0. The first kappa shape index (κ1) is 9.00. The van der Waals surface area contributed by atoms with Gasteiger partial charge in [-0.05, 0) is 44.0 Å². The largest absolute Gasteiger partial charge is 0.492 e. The molecule has 0 aromatic heterocycles. The highest BCUT2D eigenvalue weighted by Crippen LogP contribution is 2.34. The van der Waals surface area contributed by atoms with E-state index in [9.17, 15) is 4.39 Å². The van der Waals surface area contributed by atoms with Crippen LogP contribution in [-0.4, -0.2) is 7.11 Å². The fourth-order valence-corrected chi connectivity index (χ4v) is 1.49. The summed E-state index contributed by atoms with van der Waals surface area (Å²) in [5.74, 6) is -0.151. The molecule has 0 N–H and O–H groups in total. The van der Waals surface area contributed by atoms with Crippen molar-refractivity contribution in [2.45, 2.75) is 0 Å². The molecule has 0 spiro atoms. The SMILES string of the molecule is COc1c(F)ccc(Br)c1Br. The molecule has 0 heterocycles. The quantitative estimate of drug-likeness (QED) is 0.718. The van der Waals surface area contributed by atoms with E-state index in [-0.39, 0.29) is 11.6 Å². The first-order valence-corrected chi connectivity index (χ1v) is 4.43. The highest BCUT2D eigenvalue weighted by Gasteiger charge is 2.09. The van der Waals surface area contributed by atoms with Gasteiger partial charge in [-0.2, -0.15) is 0 Å². The van der Waals surface area contributed by atoms with Crippen molar-refractivity contribution >= 4 is 31.9 Å². The van der Waals surface area contributed by atoms with Gasteiger partial charge in [-0.15, -0.1) is 0 Å². The Morgan fingerprint density at radius 1 is 1.36 bits per heavy atom. The van der Waals surface area contributed by atoms with Gasteiger partial charge in [-0.1, -0.05) is 0 Å². The molecule has 0 aliphatic heterocycles. The third kappa shape index (κ3) is 1.73. The molecule has 0 fully saturated rings. The van der Waals surface area contributed by atoms with Crippen molar-refractivity contribution < 1.29 is 9.13 Å². The molecule has 0 saturated heterocycles. The van der Waals surface area contributed by atoms with Crippen molar-refractivity contribution in [2.75, 3.05) is 7.11 Å². The minimum atomic E-state index is -0.373. The van der Waals surface area contributed by atoms with E-state index in [2.05, 4.69) is 31.9 Å². The Balaban J connectivity index is 3.29. The summed E-state index contributed by atoms with van der Waals surface area (Å²) < 4.78 is 19.0. The van der Waals surface area contributed by atoms with Crippen molar-refractivity contribution in [3.63, 3.8) is 0 Å². The molecular formula is C7H5Br2FO. The second kappa shape index (κ2) is 3.54. The lowest BCUT2D eigenvalue weighted by Gasteiger charge is -2.04. The zero-order valence-corrected chi connectivity index (χ0v) is 8.87. The standard InChI is InChI=1S/C7H5Br2FO/c1-11-7-5(10)3-2-4(8)6(7)9/h2-3H,1H3. The number of hydrogen-bond acceptors (Lipinski definition) is 1. The van der Waals surface area contributed by atoms with Gasteiger partial charge in [0, 0.05) is 4.47 Å². The summed E-state index contributed by atoms with van der Waals surface area (Å²) in [5.41, 5.74) is 0. The average molecular weight is 284 g/mol. The molecule has 0 aliphatic rings. The van der Waals surface area contributed by atoms with Crippen LogP contribution in [0.25, 0.3) is 0 Å². The number of methoxy groups -OCH3 is 1. The van der Waals surface area contributed by atoms with Crippen LogP contribution in [0.2, 0.25) is 0 Å². The van der Waals surface area contributed by atoms with Crippen molar-refractivity contribution in [1.29, 1.82) is 0 Å². The molecule has 0 saturated carbocycles. The average Bonchev–Trinajstić information content (AvgIpc) is 1.99. The van der Waals surface area contributed by atoms with E-state index in [1.165, 1.54) is 13.2 Å². The summed E-state index contributed by atoms with van der Waals surface area (Å²) in [5, 5.41) is 0. The van der Waals surface area contributed by atoms with Crippen molar-refractivity contribution in [2.24, 2.45) is 0 Å². The minimum absolute atomic E-state index is 0.222. The number of hydrogen-bond donors (Lipinski definition) is 0. The van der Waals surface area contributed by atoms with Crippen LogP contribution in [0, 0.1) is 5.82 Å². The van der Waals surface area contributed by atoms with E-state index >= 15 is 0 Å². The molecule has 60 valence electrons. The van der Waals surface area contributed by atoms with E-state index in [1.807, 2.05) is 0 Å². The fourth-order valence-electron chi connectivity index (χ4n) is 0.696. The molecule has 0 aliphatic carbocycles. The van der Waals surface area contributed by atoms with Gasteiger partial charge in [0.25, 0.3) is 0 Å². The van der Waals surface area contributed by atoms with Crippen LogP contribution in [0.4, 0.5) is 4.39 Å². The number of rotatable bonds is 1. The molecule has 4 heteroatoms. The van der Waals surface area contributed by atoms with Gasteiger partial charge in [0.2, 0.25) is 0 Å². The maximum absolute atomic E-state index is 12.9. The minimum Gasteiger partial charge on any atom is -0.492 e. The third-order valence-electron chi connectivity index (χ3n) is 1.21. The predicted molar refractivity (Wildman–Crippen MR) is 48.4 cm³/mol. The van der Waals surface area contributed by atoms with Gasteiger partial charge < -0.3 is 4.74 Å². The van der Waals surface area contributed by atoms with E-state index in [4.69, 9.17) is 4.74 Å². The molecule has 0 bridgehead atoms. The van der Waals surface area contributed by atoms with Crippen molar-refractivity contribution in [3.05, 3.63) is 26.9 Å². The highest BCUT2D eigenvalue weighted by atomic mass is 79.9. The topological polar surface area (TPSA) is 9.23 Å². The summed E-state index contributed by atoms with van der Waals surface area (Å²) >= 11 is 6.41. The maximum Gasteiger partial charge on any atom is 0.169 e. The Hall–Kier alpha value is -0.0900. The third-order valence-corrected chi connectivity index (χ3v) is 3.19. The van der Waals surface area contributed by atoms with Crippen molar-refractivity contribution in [3.8, 4) is 5.75 Å². The van der Waals surface area contributed by atoms with Crippen LogP contribution in [-0.2, 0) is 0 Å². The van der Waals surface area contributed by atoms with E-state index < -0.39 is 0 Å². The molecule has 0 unspecified atom stereocenters. The maximum atomic E-state index is 12.9. The molecule has 0 atom stereocenters. The normalized spacial score (nSPS) is 9.82. The first-order valence-electron chi connectivity index (χ1n) is 2.84. The predicted octanol–water partition coefficient (Wildman–Crippen LogP) is 3.36. The lowest BCUT2D eigenvalue weighted by molar-refractivity contribution is 0.383. The lowest BCUT2D eigenvalue weighted by Crippen LogP contribution is -1.89. The van der Waals surface area contributed by atoms with Crippen molar-refractivity contribution in [1.82, 2.24) is 0 Å².